The van der Waals surface area contributed by atoms with E-state index in [0.29, 0.717) is 41.1 Å². The number of hydrogen-bond donors (Lipinski definition) is 3. The molecular weight excluding hydrogens is 436 g/mol. The second-order valence-electron chi connectivity index (χ2n) is 7.84. The minimum absolute atomic E-state index is 0.146. The van der Waals surface area contributed by atoms with E-state index in [9.17, 15) is 17.6 Å². The average Bonchev–Trinajstić information content (AvgIpc) is 3.18. The van der Waals surface area contributed by atoms with Crippen LogP contribution in [0.3, 0.4) is 0 Å². The zero-order valence-corrected chi connectivity index (χ0v) is 17.4. The molecule has 0 bridgehead atoms. The van der Waals surface area contributed by atoms with Crippen LogP contribution in [-0.2, 0) is 25.6 Å². The number of alkyl halides is 3. The van der Waals surface area contributed by atoms with Crippen molar-refractivity contribution in [2.45, 2.75) is 25.6 Å². The zero-order valence-electron chi connectivity index (χ0n) is 17.4. The molecule has 170 valence electrons. The van der Waals surface area contributed by atoms with Crippen molar-refractivity contribution < 1.29 is 17.6 Å². The molecule has 4 heterocycles. The summed E-state index contributed by atoms with van der Waals surface area (Å²) in [4.78, 5) is 15.5. The molecule has 0 fully saturated rings. The van der Waals surface area contributed by atoms with E-state index in [1.165, 1.54) is 12.3 Å². The monoisotopic (exact) mass is 456 g/mol. The Morgan fingerprint density at radius 2 is 1.94 bits per heavy atom. The SMILES string of the molecule is Fc1cncc(-c2nc3c(c(NCCc4c(C(F)(F)F)[nH]c5ccccc45)n2)CCNC3)c1. The van der Waals surface area contributed by atoms with Gasteiger partial charge in [0.05, 0.1) is 11.9 Å². The van der Waals surface area contributed by atoms with Crippen LogP contribution in [-0.4, -0.2) is 33.0 Å². The van der Waals surface area contributed by atoms with Crippen LogP contribution in [0.5, 0.6) is 0 Å². The normalized spacial score (nSPS) is 13.8. The van der Waals surface area contributed by atoms with Gasteiger partial charge in [-0.15, -0.1) is 0 Å². The summed E-state index contributed by atoms with van der Waals surface area (Å²) in [5, 5.41) is 7.00. The molecule has 0 radical (unpaired) electrons. The lowest BCUT2D eigenvalue weighted by molar-refractivity contribution is -0.141. The van der Waals surface area contributed by atoms with Gasteiger partial charge < -0.3 is 15.6 Å². The van der Waals surface area contributed by atoms with Gasteiger partial charge in [0.25, 0.3) is 0 Å². The highest BCUT2D eigenvalue weighted by Gasteiger charge is 2.36. The Hall–Kier alpha value is -3.53. The third kappa shape index (κ3) is 4.25. The average molecular weight is 456 g/mol. The van der Waals surface area contributed by atoms with E-state index in [2.05, 4.69) is 30.6 Å². The number of benzene rings is 1. The fraction of sp³-hybridized carbons (Fsp3) is 0.261. The summed E-state index contributed by atoms with van der Waals surface area (Å²) in [6.07, 6.45) is -1.08. The number of fused-ring (bicyclic) bond motifs is 2. The summed E-state index contributed by atoms with van der Waals surface area (Å²) < 4.78 is 54.5. The van der Waals surface area contributed by atoms with Gasteiger partial charge in [0.1, 0.15) is 17.3 Å². The second kappa shape index (κ2) is 8.43. The van der Waals surface area contributed by atoms with Crippen LogP contribution >= 0.6 is 0 Å². The molecule has 0 aliphatic carbocycles. The molecule has 1 aromatic carbocycles. The van der Waals surface area contributed by atoms with E-state index in [0.717, 1.165) is 24.0 Å². The van der Waals surface area contributed by atoms with Gasteiger partial charge in [0, 0.05) is 41.3 Å². The molecule has 33 heavy (non-hydrogen) atoms. The summed E-state index contributed by atoms with van der Waals surface area (Å²) in [6.45, 7) is 1.51. The molecule has 5 rings (SSSR count). The fourth-order valence-corrected chi connectivity index (χ4v) is 4.18. The lowest BCUT2D eigenvalue weighted by Gasteiger charge is -2.21. The molecule has 0 saturated carbocycles. The van der Waals surface area contributed by atoms with Crippen LogP contribution in [0.25, 0.3) is 22.3 Å². The maximum atomic E-state index is 13.7. The van der Waals surface area contributed by atoms with E-state index in [1.54, 1.807) is 24.3 Å². The lowest BCUT2D eigenvalue weighted by Crippen LogP contribution is -2.27. The largest absolute Gasteiger partial charge is 0.431 e. The van der Waals surface area contributed by atoms with Crippen LogP contribution in [0.4, 0.5) is 23.4 Å². The van der Waals surface area contributed by atoms with Gasteiger partial charge >= 0.3 is 6.18 Å². The molecule has 0 atom stereocenters. The highest BCUT2D eigenvalue weighted by atomic mass is 19.4. The van der Waals surface area contributed by atoms with Crippen molar-refractivity contribution in [3.8, 4) is 11.4 Å². The maximum absolute atomic E-state index is 13.7. The quantitative estimate of drug-likeness (QED) is 0.386. The summed E-state index contributed by atoms with van der Waals surface area (Å²) in [5.74, 6) is 0.365. The predicted molar refractivity (Wildman–Crippen MR) is 116 cm³/mol. The summed E-state index contributed by atoms with van der Waals surface area (Å²) >= 11 is 0. The standard InChI is InChI=1S/C23H20F4N6/c24-14-9-13(10-29-11-14)21-32-19-12-28-7-5-17(19)22(33-21)30-8-6-16-15-3-1-2-4-18(15)31-20(16)23(25,26)27/h1-4,9-11,28,31H,5-8,12H2,(H,30,32,33). The van der Waals surface area contributed by atoms with Gasteiger partial charge in [0.15, 0.2) is 5.82 Å². The molecular formula is C23H20F4N6. The lowest BCUT2D eigenvalue weighted by atomic mass is 10.1. The van der Waals surface area contributed by atoms with Gasteiger partial charge in [-0.05, 0) is 37.1 Å². The van der Waals surface area contributed by atoms with Crippen LogP contribution in [0, 0.1) is 5.82 Å². The van der Waals surface area contributed by atoms with Gasteiger partial charge in [0.2, 0.25) is 0 Å². The molecule has 3 N–H and O–H groups in total. The smallest absolute Gasteiger partial charge is 0.369 e. The first-order chi connectivity index (χ1) is 15.9. The number of aromatic nitrogens is 4. The highest BCUT2D eigenvalue weighted by molar-refractivity contribution is 5.85. The van der Waals surface area contributed by atoms with Crippen molar-refractivity contribution >= 4 is 16.7 Å². The minimum atomic E-state index is -4.48. The molecule has 6 nitrogen and oxygen atoms in total. The highest BCUT2D eigenvalue weighted by Crippen LogP contribution is 2.36. The third-order valence-corrected chi connectivity index (χ3v) is 5.66. The number of rotatable bonds is 5. The van der Waals surface area contributed by atoms with Gasteiger partial charge in [-0.25, -0.2) is 14.4 Å². The molecule has 1 aliphatic heterocycles. The number of H-pyrrole nitrogens is 1. The first-order valence-electron chi connectivity index (χ1n) is 10.5. The molecule has 4 aromatic rings. The summed E-state index contributed by atoms with van der Waals surface area (Å²) in [6, 6.07) is 8.04. The van der Waals surface area contributed by atoms with E-state index in [1.807, 2.05) is 0 Å². The number of pyridine rings is 1. The molecule has 0 saturated heterocycles. The summed E-state index contributed by atoms with van der Waals surface area (Å²) in [7, 11) is 0. The number of hydrogen-bond acceptors (Lipinski definition) is 5. The van der Waals surface area contributed by atoms with Crippen LogP contribution in [0.2, 0.25) is 0 Å². The number of halogens is 4. The van der Waals surface area contributed by atoms with E-state index >= 15 is 0 Å². The van der Waals surface area contributed by atoms with Gasteiger partial charge in [-0.3, -0.25) is 4.98 Å². The van der Waals surface area contributed by atoms with Gasteiger partial charge in [-0.2, -0.15) is 13.2 Å². The van der Waals surface area contributed by atoms with Crippen LogP contribution < -0.4 is 10.6 Å². The first-order valence-corrected chi connectivity index (χ1v) is 10.5. The Morgan fingerprint density at radius 3 is 2.76 bits per heavy atom. The van der Waals surface area contributed by atoms with E-state index in [4.69, 9.17) is 0 Å². The Morgan fingerprint density at radius 1 is 1.09 bits per heavy atom. The molecule has 10 heteroatoms. The number of nitrogens with zero attached hydrogens (tertiary/aromatic N) is 3. The minimum Gasteiger partial charge on any atom is -0.369 e. The maximum Gasteiger partial charge on any atom is 0.431 e. The Labute approximate surface area is 186 Å². The van der Waals surface area contributed by atoms with Crippen LogP contribution in [0.1, 0.15) is 22.5 Å². The van der Waals surface area contributed by atoms with E-state index < -0.39 is 17.7 Å². The van der Waals surface area contributed by atoms with Crippen molar-refractivity contribution in [1.29, 1.82) is 0 Å². The van der Waals surface area contributed by atoms with Crippen molar-refractivity contribution in [2.75, 3.05) is 18.4 Å². The fourth-order valence-electron chi connectivity index (χ4n) is 4.18. The second-order valence-corrected chi connectivity index (χ2v) is 7.84. The Kier molecular flexibility index (Phi) is 5.45. The van der Waals surface area contributed by atoms with Crippen molar-refractivity contribution in [2.24, 2.45) is 0 Å². The number of anilines is 1. The number of aromatic amines is 1. The van der Waals surface area contributed by atoms with Crippen molar-refractivity contribution in [3.05, 3.63) is 71.1 Å². The first kappa shape index (κ1) is 21.3. The zero-order chi connectivity index (χ0) is 23.0. The molecule has 1 aliphatic rings. The summed E-state index contributed by atoms with van der Waals surface area (Å²) in [5.41, 5.74) is 2.06. The Bertz CT molecular complexity index is 1310. The molecule has 0 spiro atoms. The molecule has 3 aromatic heterocycles. The number of nitrogens with one attached hydrogen (secondary N) is 3. The van der Waals surface area contributed by atoms with Crippen molar-refractivity contribution in [1.82, 2.24) is 25.3 Å². The number of para-hydroxylation sites is 1. The Balaban J connectivity index is 1.45. The van der Waals surface area contributed by atoms with Crippen molar-refractivity contribution in [3.63, 3.8) is 0 Å². The molecule has 0 amide bonds. The molecule has 0 unspecified atom stereocenters. The topological polar surface area (TPSA) is 78.5 Å². The predicted octanol–water partition coefficient (Wildman–Crippen LogP) is 4.48. The third-order valence-electron chi connectivity index (χ3n) is 5.66. The van der Waals surface area contributed by atoms with Gasteiger partial charge in [-0.1, -0.05) is 18.2 Å². The van der Waals surface area contributed by atoms with Crippen LogP contribution in [0.15, 0.2) is 42.7 Å². The van der Waals surface area contributed by atoms with E-state index in [-0.39, 0.29) is 18.5 Å².